The van der Waals surface area contributed by atoms with Crippen LogP contribution in [0.3, 0.4) is 0 Å². The minimum atomic E-state index is -1.36. The molecule has 0 spiro atoms. The molecule has 4 amide bonds. The first kappa shape index (κ1) is 31.6. The Hall–Kier alpha value is -5.39. The lowest BCUT2D eigenvalue weighted by molar-refractivity contribution is -0.131. The van der Waals surface area contributed by atoms with Crippen LogP contribution in [0.5, 0.6) is 0 Å². The molecule has 3 fully saturated rings. The van der Waals surface area contributed by atoms with Gasteiger partial charge in [-0.15, -0.1) is 0 Å². The van der Waals surface area contributed by atoms with E-state index in [1.807, 2.05) is 30.3 Å². The van der Waals surface area contributed by atoms with E-state index in [9.17, 15) is 28.7 Å². The Morgan fingerprint density at radius 1 is 0.902 bits per heavy atom. The Bertz CT molecular complexity index is 2310. The van der Waals surface area contributed by atoms with Gasteiger partial charge in [-0.25, -0.2) is 14.3 Å². The van der Waals surface area contributed by atoms with Crippen LogP contribution in [0.15, 0.2) is 99.3 Å². The van der Waals surface area contributed by atoms with E-state index >= 15 is 0 Å². The molecular weight excluding hydrogens is 677 g/mol. The van der Waals surface area contributed by atoms with Crippen molar-refractivity contribution in [1.29, 1.82) is 0 Å². The van der Waals surface area contributed by atoms with Gasteiger partial charge in [0, 0.05) is 5.56 Å². The average molecular weight is 706 g/mol. The molecule has 6 atom stereocenters. The molecule has 2 aromatic heterocycles. The summed E-state index contributed by atoms with van der Waals surface area (Å²) in [4.78, 5) is 64.0. The highest BCUT2D eigenvalue weighted by atomic mass is 35.5. The number of benzene rings is 3. The molecule has 0 radical (unpaired) electrons. The van der Waals surface area contributed by atoms with E-state index < -0.39 is 52.6 Å². The fourth-order valence-corrected chi connectivity index (χ4v) is 9.00. The normalized spacial score (nSPS) is 27.2. The molecule has 3 aromatic carbocycles. The number of anilines is 2. The zero-order valence-corrected chi connectivity index (χ0v) is 27.8. The maximum atomic E-state index is 14.5. The molecule has 4 aliphatic rings. The molecule has 256 valence electrons. The molecule has 10 nitrogen and oxygen atoms in total. The van der Waals surface area contributed by atoms with Crippen molar-refractivity contribution in [2.24, 2.45) is 29.1 Å². The number of oxazole rings is 1. The molecule has 12 heteroatoms. The third-order valence-electron chi connectivity index (χ3n) is 11.2. The summed E-state index contributed by atoms with van der Waals surface area (Å²) in [6, 6.07) is 21.3. The largest absolute Gasteiger partial charge is 0.463 e. The Kier molecular flexibility index (Phi) is 7.00. The van der Waals surface area contributed by atoms with E-state index in [0.29, 0.717) is 34.0 Å². The van der Waals surface area contributed by atoms with Crippen LogP contribution in [0.25, 0.3) is 22.6 Å². The fraction of sp³-hybridized carbons (Fsp3) is 0.256. The summed E-state index contributed by atoms with van der Waals surface area (Å²) in [7, 11) is 0. The Morgan fingerprint density at radius 2 is 1.67 bits per heavy atom. The van der Waals surface area contributed by atoms with Gasteiger partial charge in [0.2, 0.25) is 29.5 Å². The number of aliphatic hydroxyl groups excluding tert-OH is 1. The molecule has 9 rings (SSSR count). The molecular formula is C39H29ClFN3O7. The molecule has 1 saturated carbocycles. The lowest BCUT2D eigenvalue weighted by atomic mass is 9.52. The number of fused-ring (bicyclic) bond motifs is 5. The van der Waals surface area contributed by atoms with Gasteiger partial charge in [-0.05, 0) is 92.4 Å². The SMILES string of the molecule is C[C@@]12C(=O)N(c3ccc(F)c(Cl)c3)C(=O)[C@@H]1C[C@@H]1C(=CC[C@@H]3C(=O)N(c4ccc(-c5nc6ccccc6o5)cc4)C(=O)[C@@H]31)[C@@H]2c1ccc(CO)o1. The number of nitrogens with zero attached hydrogens (tertiary/aromatic N) is 3. The van der Waals surface area contributed by atoms with Crippen molar-refractivity contribution in [2.75, 3.05) is 9.80 Å². The zero-order chi connectivity index (χ0) is 35.3. The second kappa shape index (κ2) is 11.3. The number of aliphatic hydroxyl groups is 1. The summed E-state index contributed by atoms with van der Waals surface area (Å²) < 4.78 is 26.1. The first-order valence-corrected chi connectivity index (χ1v) is 17.0. The smallest absolute Gasteiger partial charge is 0.241 e. The number of hydrogen-bond donors (Lipinski definition) is 1. The van der Waals surface area contributed by atoms with Crippen LogP contribution in [0.2, 0.25) is 5.02 Å². The third-order valence-corrected chi connectivity index (χ3v) is 11.5. The number of allylic oxidation sites excluding steroid dienone is 2. The average Bonchev–Trinajstić information content (AvgIpc) is 3.89. The second-order valence-electron chi connectivity index (χ2n) is 13.8. The van der Waals surface area contributed by atoms with Gasteiger partial charge in [-0.2, -0.15) is 0 Å². The van der Waals surface area contributed by atoms with Crippen LogP contribution < -0.4 is 9.80 Å². The summed E-state index contributed by atoms with van der Waals surface area (Å²) in [6.45, 7) is 1.34. The molecule has 4 heterocycles. The standard InChI is InChI=1S/C39H29ClFN3O7/c1-39-26(36(47)44(38(39)49)21-10-14-28(41)27(40)16-21)17-25-23(33(39)31-15-11-22(18-45)50-31)12-13-24-32(25)37(48)43(35(24)46)20-8-6-19(7-9-20)34-42-29-4-2-3-5-30(29)51-34/h2-12,14-16,24-26,32-33,45H,13,17-18H2,1H3/t24-,25+,26-,32-,33+,39+/m0/s1. The van der Waals surface area contributed by atoms with Gasteiger partial charge < -0.3 is 13.9 Å². The Balaban J connectivity index is 1.09. The molecule has 1 N–H and O–H groups in total. The van der Waals surface area contributed by atoms with Gasteiger partial charge in [0.1, 0.15) is 29.5 Å². The van der Waals surface area contributed by atoms with Gasteiger partial charge in [0.05, 0.1) is 45.5 Å². The van der Waals surface area contributed by atoms with Crippen molar-refractivity contribution >= 4 is 57.7 Å². The lowest BCUT2D eigenvalue weighted by Gasteiger charge is -2.48. The fourth-order valence-electron chi connectivity index (χ4n) is 8.82. The number of hydrogen-bond acceptors (Lipinski definition) is 8. The number of carbonyl (C=O) groups excluding carboxylic acids is 4. The van der Waals surface area contributed by atoms with Gasteiger partial charge in [-0.1, -0.05) is 35.4 Å². The molecule has 2 aliphatic carbocycles. The Morgan fingerprint density at radius 3 is 2.39 bits per heavy atom. The van der Waals surface area contributed by atoms with Crippen molar-refractivity contribution in [3.8, 4) is 11.5 Å². The minimum absolute atomic E-state index is 0.132. The van der Waals surface area contributed by atoms with Crippen molar-refractivity contribution in [1.82, 2.24) is 4.98 Å². The van der Waals surface area contributed by atoms with Crippen LogP contribution >= 0.6 is 11.6 Å². The number of aromatic nitrogens is 1. The van der Waals surface area contributed by atoms with Crippen molar-refractivity contribution in [3.05, 3.63) is 113 Å². The molecule has 0 unspecified atom stereocenters. The summed E-state index contributed by atoms with van der Waals surface area (Å²) in [5, 5.41) is 9.59. The quantitative estimate of drug-likeness (QED) is 0.156. The molecule has 0 bridgehead atoms. The highest BCUT2D eigenvalue weighted by Gasteiger charge is 2.68. The predicted molar refractivity (Wildman–Crippen MR) is 183 cm³/mol. The van der Waals surface area contributed by atoms with Crippen LogP contribution in [0, 0.1) is 34.9 Å². The zero-order valence-electron chi connectivity index (χ0n) is 27.1. The summed E-state index contributed by atoms with van der Waals surface area (Å²) in [5.41, 5.74) is 1.96. The Labute approximate surface area is 295 Å². The molecule has 5 aromatic rings. The monoisotopic (exact) mass is 705 g/mol. The van der Waals surface area contributed by atoms with Gasteiger partial charge in [0.15, 0.2) is 5.58 Å². The highest BCUT2D eigenvalue weighted by Crippen LogP contribution is 2.64. The van der Waals surface area contributed by atoms with Gasteiger partial charge in [-0.3, -0.25) is 24.1 Å². The van der Waals surface area contributed by atoms with Gasteiger partial charge >= 0.3 is 0 Å². The van der Waals surface area contributed by atoms with Gasteiger partial charge in [0.25, 0.3) is 0 Å². The summed E-state index contributed by atoms with van der Waals surface area (Å²) in [5.74, 6) is -5.08. The van der Waals surface area contributed by atoms with E-state index in [-0.39, 0.29) is 47.7 Å². The first-order valence-electron chi connectivity index (χ1n) is 16.7. The van der Waals surface area contributed by atoms with E-state index in [1.54, 1.807) is 43.3 Å². The number of carbonyl (C=O) groups is 4. The molecule has 2 saturated heterocycles. The predicted octanol–water partition coefficient (Wildman–Crippen LogP) is 6.81. The van der Waals surface area contributed by atoms with E-state index in [4.69, 9.17) is 20.4 Å². The number of halogens is 2. The maximum absolute atomic E-state index is 14.5. The van der Waals surface area contributed by atoms with E-state index in [1.165, 1.54) is 17.0 Å². The number of amides is 4. The number of rotatable bonds is 5. The lowest BCUT2D eigenvalue weighted by Crippen LogP contribution is -2.48. The first-order chi connectivity index (χ1) is 24.6. The molecule has 2 aliphatic heterocycles. The van der Waals surface area contributed by atoms with Crippen LogP contribution in [0.1, 0.15) is 37.2 Å². The van der Waals surface area contributed by atoms with E-state index in [0.717, 1.165) is 16.5 Å². The topological polar surface area (TPSA) is 134 Å². The summed E-state index contributed by atoms with van der Waals surface area (Å²) >= 11 is 6.08. The highest BCUT2D eigenvalue weighted by molar-refractivity contribution is 6.32. The van der Waals surface area contributed by atoms with Crippen molar-refractivity contribution in [3.63, 3.8) is 0 Å². The number of para-hydroxylation sites is 2. The summed E-state index contributed by atoms with van der Waals surface area (Å²) in [6.07, 6.45) is 2.30. The molecule has 51 heavy (non-hydrogen) atoms. The maximum Gasteiger partial charge on any atom is 0.241 e. The van der Waals surface area contributed by atoms with Crippen LogP contribution in [0.4, 0.5) is 15.8 Å². The van der Waals surface area contributed by atoms with E-state index in [2.05, 4.69) is 4.98 Å². The number of imide groups is 2. The van der Waals surface area contributed by atoms with Crippen LogP contribution in [-0.2, 0) is 25.8 Å². The second-order valence-corrected chi connectivity index (χ2v) is 14.2. The van der Waals surface area contributed by atoms with Crippen molar-refractivity contribution < 1.29 is 37.5 Å². The minimum Gasteiger partial charge on any atom is -0.463 e. The van der Waals surface area contributed by atoms with Crippen molar-refractivity contribution in [2.45, 2.75) is 32.3 Å². The number of furan rings is 1. The third kappa shape index (κ3) is 4.47. The van der Waals surface area contributed by atoms with Crippen LogP contribution in [-0.4, -0.2) is 33.7 Å².